The first-order chi connectivity index (χ1) is 12.9. The zero-order valence-electron chi connectivity index (χ0n) is 14.6. The molecule has 5 rings (SSSR count). The van der Waals surface area contributed by atoms with Crippen LogP contribution in [-0.4, -0.2) is 45.8 Å². The average molecular weight is 343 g/mol. The number of para-hydroxylation sites is 1. The van der Waals surface area contributed by atoms with Crippen LogP contribution in [0.5, 0.6) is 0 Å². The van der Waals surface area contributed by atoms with E-state index in [0.29, 0.717) is 0 Å². The summed E-state index contributed by atoms with van der Waals surface area (Å²) in [4.78, 5) is 7.30. The van der Waals surface area contributed by atoms with Crippen LogP contribution < -0.4 is 5.32 Å². The molecule has 1 N–H and O–H groups in total. The third-order valence-electron chi connectivity index (χ3n) is 5.11. The standard InChI is InChI=1S/C21H21N5/c1-2-6-19-16(4-1)8-9-20(24-19)17-5-3-7-21-18(17)14-23-26(21)15-25-12-10-22-11-13-25/h1-9,14,22H,10-13,15H2. The third kappa shape index (κ3) is 2.75. The van der Waals surface area contributed by atoms with Crippen LogP contribution in [0.25, 0.3) is 33.1 Å². The Balaban J connectivity index is 1.55. The van der Waals surface area contributed by atoms with Gasteiger partial charge in [-0.25, -0.2) is 4.98 Å². The van der Waals surface area contributed by atoms with E-state index in [9.17, 15) is 0 Å². The fourth-order valence-corrected chi connectivity index (χ4v) is 3.70. The van der Waals surface area contributed by atoms with Crippen molar-refractivity contribution in [2.75, 3.05) is 26.2 Å². The Morgan fingerprint density at radius 2 is 1.81 bits per heavy atom. The zero-order chi connectivity index (χ0) is 17.3. The van der Waals surface area contributed by atoms with Gasteiger partial charge in [-0.05, 0) is 18.2 Å². The number of hydrogen-bond donors (Lipinski definition) is 1. The minimum Gasteiger partial charge on any atom is -0.314 e. The molecule has 2 aromatic heterocycles. The van der Waals surface area contributed by atoms with Crippen LogP contribution in [0.1, 0.15) is 0 Å². The highest BCUT2D eigenvalue weighted by molar-refractivity contribution is 5.95. The highest BCUT2D eigenvalue weighted by Gasteiger charge is 2.14. The quantitative estimate of drug-likeness (QED) is 0.621. The second-order valence-electron chi connectivity index (χ2n) is 6.78. The highest BCUT2D eigenvalue weighted by Crippen LogP contribution is 2.28. The topological polar surface area (TPSA) is 46.0 Å². The number of rotatable bonds is 3. The summed E-state index contributed by atoms with van der Waals surface area (Å²) in [6, 6.07) is 18.9. The first-order valence-electron chi connectivity index (χ1n) is 9.12. The molecule has 0 radical (unpaired) electrons. The number of hydrogen-bond acceptors (Lipinski definition) is 4. The lowest BCUT2D eigenvalue weighted by molar-refractivity contribution is 0.187. The lowest BCUT2D eigenvalue weighted by Crippen LogP contribution is -2.44. The van der Waals surface area contributed by atoms with Crippen molar-refractivity contribution in [2.45, 2.75) is 6.67 Å². The Hall–Kier alpha value is -2.76. The van der Waals surface area contributed by atoms with Gasteiger partial charge < -0.3 is 5.32 Å². The van der Waals surface area contributed by atoms with Crippen molar-refractivity contribution in [3.63, 3.8) is 0 Å². The maximum absolute atomic E-state index is 4.86. The van der Waals surface area contributed by atoms with Gasteiger partial charge in [-0.1, -0.05) is 36.4 Å². The summed E-state index contributed by atoms with van der Waals surface area (Å²) in [5.74, 6) is 0. The monoisotopic (exact) mass is 343 g/mol. The first kappa shape index (κ1) is 15.5. The lowest BCUT2D eigenvalue weighted by Gasteiger charge is -2.27. The van der Waals surface area contributed by atoms with Gasteiger partial charge in [0.25, 0.3) is 0 Å². The average Bonchev–Trinajstić information content (AvgIpc) is 3.11. The minimum atomic E-state index is 0.833. The number of piperazine rings is 1. The van der Waals surface area contributed by atoms with Crippen LogP contribution in [0.2, 0.25) is 0 Å². The molecule has 0 aliphatic carbocycles. The smallest absolute Gasteiger partial charge is 0.0936 e. The van der Waals surface area contributed by atoms with Crippen LogP contribution in [-0.2, 0) is 6.67 Å². The summed E-state index contributed by atoms with van der Waals surface area (Å²) in [5, 5.41) is 10.4. The molecular weight excluding hydrogens is 322 g/mol. The van der Waals surface area contributed by atoms with Crippen molar-refractivity contribution in [3.05, 3.63) is 60.8 Å². The van der Waals surface area contributed by atoms with Crippen molar-refractivity contribution in [1.29, 1.82) is 0 Å². The van der Waals surface area contributed by atoms with E-state index < -0.39 is 0 Å². The van der Waals surface area contributed by atoms with Crippen molar-refractivity contribution in [3.8, 4) is 11.3 Å². The second-order valence-corrected chi connectivity index (χ2v) is 6.78. The summed E-state index contributed by atoms with van der Waals surface area (Å²) in [6.45, 7) is 5.05. The molecule has 1 fully saturated rings. The van der Waals surface area contributed by atoms with Crippen LogP contribution in [0.15, 0.2) is 60.8 Å². The summed E-state index contributed by atoms with van der Waals surface area (Å²) in [5.41, 5.74) is 4.32. The van der Waals surface area contributed by atoms with E-state index in [2.05, 4.69) is 62.5 Å². The molecule has 5 nitrogen and oxygen atoms in total. The molecule has 0 atom stereocenters. The molecule has 1 aliphatic heterocycles. The number of nitrogens with one attached hydrogen (secondary N) is 1. The highest BCUT2D eigenvalue weighted by atomic mass is 15.4. The largest absolute Gasteiger partial charge is 0.314 e. The minimum absolute atomic E-state index is 0.833. The van der Waals surface area contributed by atoms with Gasteiger partial charge >= 0.3 is 0 Å². The number of pyridine rings is 1. The number of fused-ring (bicyclic) bond motifs is 2. The fraction of sp³-hybridized carbons (Fsp3) is 0.238. The molecule has 0 spiro atoms. The van der Waals surface area contributed by atoms with E-state index in [0.717, 1.165) is 65.9 Å². The maximum Gasteiger partial charge on any atom is 0.0936 e. The number of aromatic nitrogens is 3. The van der Waals surface area contributed by atoms with E-state index in [-0.39, 0.29) is 0 Å². The molecule has 3 heterocycles. The van der Waals surface area contributed by atoms with Crippen LogP contribution in [0.4, 0.5) is 0 Å². The Morgan fingerprint density at radius 3 is 2.73 bits per heavy atom. The fourth-order valence-electron chi connectivity index (χ4n) is 3.70. The van der Waals surface area contributed by atoms with Crippen LogP contribution >= 0.6 is 0 Å². The third-order valence-corrected chi connectivity index (χ3v) is 5.11. The summed E-state index contributed by atoms with van der Waals surface area (Å²) < 4.78 is 2.10. The molecule has 0 unspecified atom stereocenters. The Bertz CT molecular complexity index is 1060. The van der Waals surface area contributed by atoms with Crippen molar-refractivity contribution < 1.29 is 0 Å². The Labute approximate surface area is 152 Å². The predicted molar refractivity (Wildman–Crippen MR) is 105 cm³/mol. The molecule has 1 aliphatic rings. The molecule has 5 heteroatoms. The van der Waals surface area contributed by atoms with E-state index in [1.54, 1.807) is 0 Å². The van der Waals surface area contributed by atoms with E-state index in [1.807, 2.05) is 18.3 Å². The normalized spacial score (nSPS) is 15.7. The van der Waals surface area contributed by atoms with Crippen molar-refractivity contribution in [1.82, 2.24) is 25.0 Å². The van der Waals surface area contributed by atoms with Crippen LogP contribution in [0.3, 0.4) is 0 Å². The van der Waals surface area contributed by atoms with Gasteiger partial charge in [0.05, 0.1) is 29.6 Å². The van der Waals surface area contributed by atoms with Crippen molar-refractivity contribution in [2.24, 2.45) is 0 Å². The van der Waals surface area contributed by atoms with E-state index in [4.69, 9.17) is 4.98 Å². The molecule has 1 saturated heterocycles. The zero-order valence-corrected chi connectivity index (χ0v) is 14.6. The molecule has 0 bridgehead atoms. The van der Waals surface area contributed by atoms with Gasteiger partial charge in [-0.3, -0.25) is 9.58 Å². The van der Waals surface area contributed by atoms with Gasteiger partial charge in [0, 0.05) is 42.5 Å². The SMILES string of the molecule is c1ccc2nc(-c3cccc4c3cnn4CN3CCNCC3)ccc2c1. The van der Waals surface area contributed by atoms with E-state index in [1.165, 1.54) is 0 Å². The van der Waals surface area contributed by atoms with Gasteiger partial charge in [-0.2, -0.15) is 5.10 Å². The van der Waals surface area contributed by atoms with Gasteiger partial charge in [0.2, 0.25) is 0 Å². The Kier molecular flexibility index (Phi) is 3.88. The van der Waals surface area contributed by atoms with Crippen LogP contribution in [0, 0.1) is 0 Å². The molecule has 2 aromatic carbocycles. The summed E-state index contributed by atoms with van der Waals surface area (Å²) >= 11 is 0. The van der Waals surface area contributed by atoms with Gasteiger partial charge in [0.15, 0.2) is 0 Å². The molecule has 130 valence electrons. The molecule has 4 aromatic rings. The van der Waals surface area contributed by atoms with Gasteiger partial charge in [0.1, 0.15) is 0 Å². The summed E-state index contributed by atoms with van der Waals surface area (Å²) in [6.07, 6.45) is 1.98. The first-order valence-corrected chi connectivity index (χ1v) is 9.12. The molecular formula is C21H21N5. The number of nitrogens with zero attached hydrogens (tertiary/aromatic N) is 4. The second kappa shape index (κ2) is 6.52. The maximum atomic E-state index is 4.86. The van der Waals surface area contributed by atoms with E-state index >= 15 is 0 Å². The van der Waals surface area contributed by atoms with Crippen molar-refractivity contribution >= 4 is 21.8 Å². The Morgan fingerprint density at radius 1 is 0.923 bits per heavy atom. The molecule has 26 heavy (non-hydrogen) atoms. The molecule has 0 amide bonds. The predicted octanol–water partition coefficient (Wildman–Crippen LogP) is 3.11. The molecule has 0 saturated carbocycles. The summed E-state index contributed by atoms with van der Waals surface area (Å²) in [7, 11) is 0. The van der Waals surface area contributed by atoms with Gasteiger partial charge in [-0.15, -0.1) is 0 Å². The lowest BCUT2D eigenvalue weighted by atomic mass is 10.1. The number of benzene rings is 2.